The number of nitrogens with zero attached hydrogens (tertiary/aromatic N) is 2. The van der Waals surface area contributed by atoms with E-state index in [1.54, 1.807) is 6.20 Å². The Hall–Kier alpha value is -1.09. The molecule has 0 unspecified atom stereocenters. The first kappa shape index (κ1) is 11.4. The quantitative estimate of drug-likeness (QED) is 0.849. The maximum absolute atomic E-state index is 8.96. The molecular weight excluding hydrogens is 200 g/mol. The molecule has 2 rings (SSSR count). The molecule has 0 atom stereocenters. The van der Waals surface area contributed by atoms with Gasteiger partial charge in [0.2, 0.25) is 0 Å². The zero-order chi connectivity index (χ0) is 11.4. The van der Waals surface area contributed by atoms with E-state index >= 15 is 0 Å². The van der Waals surface area contributed by atoms with Crippen molar-refractivity contribution in [2.75, 3.05) is 11.9 Å². The second-order valence-corrected chi connectivity index (χ2v) is 4.59. The van der Waals surface area contributed by atoms with Crippen LogP contribution in [0.5, 0.6) is 0 Å². The van der Waals surface area contributed by atoms with E-state index in [2.05, 4.69) is 16.9 Å². The first-order chi connectivity index (χ1) is 7.81. The van der Waals surface area contributed by atoms with Crippen molar-refractivity contribution in [3.63, 3.8) is 0 Å². The normalized spacial score (nSPS) is 17.4. The highest BCUT2D eigenvalue weighted by atomic mass is 16.3. The fourth-order valence-electron chi connectivity index (χ4n) is 2.37. The van der Waals surface area contributed by atoms with Gasteiger partial charge in [0, 0.05) is 19.3 Å². The summed E-state index contributed by atoms with van der Waals surface area (Å²) in [6.07, 6.45) is 8.36. The van der Waals surface area contributed by atoms with Gasteiger partial charge in [-0.05, 0) is 24.5 Å². The lowest BCUT2D eigenvalue weighted by atomic mass is 9.94. The van der Waals surface area contributed by atoms with Crippen molar-refractivity contribution in [3.8, 4) is 0 Å². The van der Waals surface area contributed by atoms with Crippen molar-refractivity contribution in [2.45, 2.75) is 44.8 Å². The van der Waals surface area contributed by atoms with Gasteiger partial charge < -0.3 is 10.0 Å². The molecule has 1 aromatic rings. The van der Waals surface area contributed by atoms with Crippen LogP contribution in [0, 0.1) is 0 Å². The summed E-state index contributed by atoms with van der Waals surface area (Å²) in [7, 11) is 2.12. The summed E-state index contributed by atoms with van der Waals surface area (Å²) in [6, 6.07) is 4.59. The molecule has 88 valence electrons. The van der Waals surface area contributed by atoms with E-state index in [4.69, 9.17) is 5.11 Å². The van der Waals surface area contributed by atoms with E-state index in [1.807, 2.05) is 12.1 Å². The first-order valence-corrected chi connectivity index (χ1v) is 6.10. The molecule has 1 saturated carbocycles. The van der Waals surface area contributed by atoms with Crippen LogP contribution >= 0.6 is 0 Å². The van der Waals surface area contributed by atoms with Gasteiger partial charge in [0.05, 0.1) is 6.61 Å². The van der Waals surface area contributed by atoms with E-state index in [1.165, 1.54) is 32.1 Å². The SMILES string of the molecule is CN(c1ccc(CO)cn1)C1CCCCC1. The van der Waals surface area contributed by atoms with E-state index in [-0.39, 0.29) is 6.61 Å². The molecule has 1 heterocycles. The molecule has 0 aliphatic heterocycles. The number of aromatic nitrogens is 1. The molecule has 0 spiro atoms. The molecule has 0 radical (unpaired) electrons. The average molecular weight is 220 g/mol. The van der Waals surface area contributed by atoms with Gasteiger partial charge in [-0.15, -0.1) is 0 Å². The third-order valence-corrected chi connectivity index (χ3v) is 3.48. The molecule has 1 aliphatic rings. The van der Waals surface area contributed by atoms with E-state index in [0.717, 1.165) is 11.4 Å². The number of hydrogen-bond donors (Lipinski definition) is 1. The Labute approximate surface area is 97.1 Å². The van der Waals surface area contributed by atoms with Crippen LogP contribution in [-0.2, 0) is 6.61 Å². The molecule has 16 heavy (non-hydrogen) atoms. The Morgan fingerprint density at radius 2 is 2.06 bits per heavy atom. The third-order valence-electron chi connectivity index (χ3n) is 3.48. The maximum atomic E-state index is 8.96. The first-order valence-electron chi connectivity index (χ1n) is 6.10. The van der Waals surface area contributed by atoms with Crippen molar-refractivity contribution in [2.24, 2.45) is 0 Å². The lowest BCUT2D eigenvalue weighted by Crippen LogP contribution is -2.33. The number of hydrogen-bond acceptors (Lipinski definition) is 3. The minimum atomic E-state index is 0.0699. The van der Waals surface area contributed by atoms with Crippen LogP contribution in [0.2, 0.25) is 0 Å². The standard InChI is InChI=1S/C13H20N2O/c1-15(12-5-3-2-4-6-12)13-8-7-11(10-16)9-14-13/h7-9,12,16H,2-6,10H2,1H3. The molecule has 1 aromatic heterocycles. The van der Waals surface area contributed by atoms with Gasteiger partial charge in [-0.3, -0.25) is 0 Å². The Balaban J connectivity index is 2.04. The fourth-order valence-corrected chi connectivity index (χ4v) is 2.37. The van der Waals surface area contributed by atoms with E-state index in [0.29, 0.717) is 6.04 Å². The van der Waals surface area contributed by atoms with Crippen LogP contribution in [0.15, 0.2) is 18.3 Å². The Bertz CT molecular complexity index is 317. The van der Waals surface area contributed by atoms with Crippen LogP contribution < -0.4 is 4.90 Å². The highest BCUT2D eigenvalue weighted by molar-refractivity contribution is 5.39. The molecule has 1 aliphatic carbocycles. The zero-order valence-corrected chi connectivity index (χ0v) is 9.89. The van der Waals surface area contributed by atoms with Gasteiger partial charge in [0.25, 0.3) is 0 Å². The maximum Gasteiger partial charge on any atom is 0.128 e. The number of rotatable bonds is 3. The predicted octanol–water partition coefficient (Wildman–Crippen LogP) is 2.34. The van der Waals surface area contributed by atoms with Crippen LogP contribution in [0.25, 0.3) is 0 Å². The highest BCUT2D eigenvalue weighted by Crippen LogP contribution is 2.24. The molecule has 3 nitrogen and oxygen atoms in total. The van der Waals surface area contributed by atoms with Crippen molar-refractivity contribution in [1.29, 1.82) is 0 Å². The van der Waals surface area contributed by atoms with Crippen LogP contribution in [-0.4, -0.2) is 23.2 Å². The van der Waals surface area contributed by atoms with E-state index in [9.17, 15) is 0 Å². The van der Waals surface area contributed by atoms with Gasteiger partial charge in [0.15, 0.2) is 0 Å². The molecule has 1 N–H and O–H groups in total. The van der Waals surface area contributed by atoms with Crippen molar-refractivity contribution in [3.05, 3.63) is 23.9 Å². The number of anilines is 1. The summed E-state index contributed by atoms with van der Waals surface area (Å²) in [5.74, 6) is 1.02. The fraction of sp³-hybridized carbons (Fsp3) is 0.615. The number of aliphatic hydroxyl groups excluding tert-OH is 1. The lowest BCUT2D eigenvalue weighted by molar-refractivity contribution is 0.281. The smallest absolute Gasteiger partial charge is 0.128 e. The topological polar surface area (TPSA) is 36.4 Å². The van der Waals surface area contributed by atoms with Gasteiger partial charge in [0.1, 0.15) is 5.82 Å². The predicted molar refractivity (Wildman–Crippen MR) is 65.4 cm³/mol. The molecule has 1 fully saturated rings. The van der Waals surface area contributed by atoms with Crippen LogP contribution in [0.1, 0.15) is 37.7 Å². The van der Waals surface area contributed by atoms with Crippen molar-refractivity contribution in [1.82, 2.24) is 4.98 Å². The third kappa shape index (κ3) is 2.53. The summed E-state index contributed by atoms with van der Waals surface area (Å²) in [5, 5.41) is 8.96. The lowest BCUT2D eigenvalue weighted by Gasteiger charge is -2.32. The molecule has 0 aromatic carbocycles. The van der Waals surface area contributed by atoms with Crippen LogP contribution in [0.4, 0.5) is 5.82 Å². The monoisotopic (exact) mass is 220 g/mol. The molecule has 0 amide bonds. The summed E-state index contributed by atoms with van der Waals surface area (Å²) in [4.78, 5) is 6.67. The summed E-state index contributed by atoms with van der Waals surface area (Å²) in [5.41, 5.74) is 0.876. The summed E-state index contributed by atoms with van der Waals surface area (Å²) < 4.78 is 0. The molecule has 0 bridgehead atoms. The van der Waals surface area contributed by atoms with Crippen molar-refractivity contribution >= 4 is 5.82 Å². The molecule has 3 heteroatoms. The highest BCUT2D eigenvalue weighted by Gasteiger charge is 2.18. The summed E-state index contributed by atoms with van der Waals surface area (Å²) in [6.45, 7) is 0.0699. The largest absolute Gasteiger partial charge is 0.392 e. The van der Waals surface area contributed by atoms with Crippen molar-refractivity contribution < 1.29 is 5.11 Å². The molecule has 0 saturated heterocycles. The second-order valence-electron chi connectivity index (χ2n) is 4.59. The Kier molecular flexibility index (Phi) is 3.78. The summed E-state index contributed by atoms with van der Waals surface area (Å²) >= 11 is 0. The van der Waals surface area contributed by atoms with Gasteiger partial charge in [-0.1, -0.05) is 25.3 Å². The van der Waals surface area contributed by atoms with E-state index < -0.39 is 0 Å². The molecular formula is C13H20N2O. The van der Waals surface area contributed by atoms with Crippen LogP contribution in [0.3, 0.4) is 0 Å². The number of pyridine rings is 1. The van der Waals surface area contributed by atoms with Gasteiger partial charge >= 0.3 is 0 Å². The minimum absolute atomic E-state index is 0.0699. The average Bonchev–Trinajstić information content (AvgIpc) is 2.39. The number of aliphatic hydroxyl groups is 1. The van der Waals surface area contributed by atoms with Gasteiger partial charge in [-0.25, -0.2) is 4.98 Å². The minimum Gasteiger partial charge on any atom is -0.392 e. The Morgan fingerprint density at radius 3 is 2.62 bits per heavy atom. The van der Waals surface area contributed by atoms with Gasteiger partial charge in [-0.2, -0.15) is 0 Å². The Morgan fingerprint density at radius 1 is 1.31 bits per heavy atom. The zero-order valence-electron chi connectivity index (χ0n) is 9.89. The second kappa shape index (κ2) is 5.30.